The lowest BCUT2D eigenvalue weighted by atomic mass is 9.98. The molecule has 0 saturated heterocycles. The number of fused-ring (bicyclic) bond motifs is 1. The molecule has 1 unspecified atom stereocenters. The highest BCUT2D eigenvalue weighted by Gasteiger charge is 2.16. The number of rotatable bonds is 5. The average Bonchev–Trinajstić information content (AvgIpc) is 2.93. The molecule has 2 aromatic carbocycles. The Balaban J connectivity index is 1.97. The van der Waals surface area contributed by atoms with Gasteiger partial charge in [-0.3, -0.25) is 0 Å². The summed E-state index contributed by atoms with van der Waals surface area (Å²) in [5, 5.41) is 9.12. The molecule has 108 valence electrons. The summed E-state index contributed by atoms with van der Waals surface area (Å²) < 4.78 is 0. The molecule has 0 saturated carbocycles. The molecular formula is C18H18ClNS. The van der Waals surface area contributed by atoms with E-state index < -0.39 is 0 Å². The topological polar surface area (TPSA) is 12.0 Å². The van der Waals surface area contributed by atoms with Crippen LogP contribution in [-0.2, 0) is 6.42 Å². The summed E-state index contributed by atoms with van der Waals surface area (Å²) in [6.07, 6.45) is 0.954. The third kappa shape index (κ3) is 3.13. The predicted octanol–water partition coefficient (Wildman–Crippen LogP) is 5.45. The van der Waals surface area contributed by atoms with E-state index in [0.29, 0.717) is 0 Å². The molecule has 3 aromatic rings. The average molecular weight is 316 g/mol. The van der Waals surface area contributed by atoms with E-state index in [1.54, 1.807) is 11.3 Å². The Labute approximate surface area is 134 Å². The molecule has 1 atom stereocenters. The Bertz CT molecular complexity index is 729. The molecule has 0 spiro atoms. The van der Waals surface area contributed by atoms with Crippen molar-refractivity contribution in [2.24, 2.45) is 0 Å². The summed E-state index contributed by atoms with van der Waals surface area (Å²) in [4.78, 5) is 1.23. The van der Waals surface area contributed by atoms with Crippen LogP contribution < -0.4 is 5.32 Å². The van der Waals surface area contributed by atoms with Gasteiger partial charge in [0.2, 0.25) is 0 Å². The number of thiophene rings is 1. The summed E-state index contributed by atoms with van der Waals surface area (Å²) in [5.41, 5.74) is 1.36. The van der Waals surface area contributed by atoms with Gasteiger partial charge in [-0.2, -0.15) is 0 Å². The fourth-order valence-corrected chi connectivity index (χ4v) is 4.01. The van der Waals surface area contributed by atoms with Gasteiger partial charge >= 0.3 is 0 Å². The Morgan fingerprint density at radius 1 is 1.10 bits per heavy atom. The van der Waals surface area contributed by atoms with Gasteiger partial charge in [-0.1, -0.05) is 61.0 Å². The second kappa shape index (κ2) is 6.61. The van der Waals surface area contributed by atoms with Crippen molar-refractivity contribution in [1.82, 2.24) is 5.32 Å². The minimum Gasteiger partial charge on any atom is -0.309 e. The zero-order valence-electron chi connectivity index (χ0n) is 12.0. The van der Waals surface area contributed by atoms with Gasteiger partial charge in [0.1, 0.15) is 0 Å². The summed E-state index contributed by atoms with van der Waals surface area (Å²) in [6, 6.07) is 17.3. The van der Waals surface area contributed by atoms with Crippen LogP contribution in [0.2, 0.25) is 5.02 Å². The second-order valence-corrected chi connectivity index (χ2v) is 6.44. The molecule has 0 aliphatic rings. The molecule has 1 aromatic heterocycles. The van der Waals surface area contributed by atoms with Crippen LogP contribution in [0, 0.1) is 0 Å². The second-order valence-electron chi connectivity index (χ2n) is 5.09. The SMILES string of the molecule is CCNC(Cc1cccc2ccccc12)c1sccc1Cl. The van der Waals surface area contributed by atoms with Gasteiger partial charge in [-0.25, -0.2) is 0 Å². The molecule has 0 aliphatic heterocycles. The molecule has 1 heterocycles. The summed E-state index contributed by atoms with van der Waals surface area (Å²) >= 11 is 8.05. The molecule has 1 N–H and O–H groups in total. The van der Waals surface area contributed by atoms with Crippen molar-refractivity contribution in [2.45, 2.75) is 19.4 Å². The first-order valence-corrected chi connectivity index (χ1v) is 8.48. The highest BCUT2D eigenvalue weighted by molar-refractivity contribution is 7.10. The smallest absolute Gasteiger partial charge is 0.0561 e. The quantitative estimate of drug-likeness (QED) is 0.660. The van der Waals surface area contributed by atoms with Crippen LogP contribution >= 0.6 is 22.9 Å². The number of hydrogen-bond donors (Lipinski definition) is 1. The van der Waals surface area contributed by atoms with Gasteiger partial charge in [0.05, 0.1) is 5.02 Å². The monoisotopic (exact) mass is 315 g/mol. The van der Waals surface area contributed by atoms with Gasteiger partial charge in [-0.05, 0) is 40.7 Å². The van der Waals surface area contributed by atoms with Crippen LogP contribution in [-0.4, -0.2) is 6.54 Å². The molecule has 0 bridgehead atoms. The zero-order chi connectivity index (χ0) is 14.7. The number of nitrogens with one attached hydrogen (secondary N) is 1. The number of likely N-dealkylation sites (N-methyl/N-ethyl adjacent to an activating group) is 1. The number of benzene rings is 2. The molecule has 1 nitrogen and oxygen atoms in total. The van der Waals surface area contributed by atoms with Crippen molar-refractivity contribution in [2.75, 3.05) is 6.54 Å². The van der Waals surface area contributed by atoms with E-state index in [9.17, 15) is 0 Å². The zero-order valence-corrected chi connectivity index (χ0v) is 13.5. The fraction of sp³-hybridized carbons (Fsp3) is 0.222. The van der Waals surface area contributed by atoms with Crippen molar-refractivity contribution in [3.8, 4) is 0 Å². The first-order chi connectivity index (χ1) is 10.3. The van der Waals surface area contributed by atoms with Gasteiger partial charge < -0.3 is 5.32 Å². The first kappa shape index (κ1) is 14.6. The summed E-state index contributed by atoms with van der Waals surface area (Å²) in [7, 11) is 0. The van der Waals surface area contributed by atoms with E-state index >= 15 is 0 Å². The molecule has 0 amide bonds. The highest BCUT2D eigenvalue weighted by Crippen LogP contribution is 2.32. The largest absolute Gasteiger partial charge is 0.309 e. The molecule has 3 rings (SSSR count). The van der Waals surface area contributed by atoms with Crippen molar-refractivity contribution >= 4 is 33.7 Å². The van der Waals surface area contributed by atoms with Crippen molar-refractivity contribution in [3.05, 3.63) is 69.4 Å². The number of hydrogen-bond acceptors (Lipinski definition) is 2. The number of halogens is 1. The summed E-state index contributed by atoms with van der Waals surface area (Å²) in [6.45, 7) is 3.07. The Hall–Kier alpha value is -1.35. The highest BCUT2D eigenvalue weighted by atomic mass is 35.5. The Morgan fingerprint density at radius 2 is 1.90 bits per heavy atom. The predicted molar refractivity (Wildman–Crippen MR) is 93.4 cm³/mol. The van der Waals surface area contributed by atoms with Crippen molar-refractivity contribution in [3.63, 3.8) is 0 Å². The maximum absolute atomic E-state index is 6.33. The van der Waals surface area contributed by atoms with Crippen LogP contribution in [0.5, 0.6) is 0 Å². The molecule has 0 fully saturated rings. The van der Waals surface area contributed by atoms with E-state index in [2.05, 4.69) is 60.1 Å². The Morgan fingerprint density at radius 3 is 2.67 bits per heavy atom. The van der Waals surface area contributed by atoms with Gasteiger partial charge in [0.25, 0.3) is 0 Å². The first-order valence-electron chi connectivity index (χ1n) is 7.22. The van der Waals surface area contributed by atoms with Crippen LogP contribution in [0.15, 0.2) is 53.9 Å². The molecular weight excluding hydrogens is 298 g/mol. The molecule has 3 heteroatoms. The van der Waals surface area contributed by atoms with Crippen molar-refractivity contribution < 1.29 is 0 Å². The third-order valence-electron chi connectivity index (χ3n) is 3.72. The molecule has 0 radical (unpaired) electrons. The fourth-order valence-electron chi connectivity index (χ4n) is 2.75. The molecule has 0 aliphatic carbocycles. The maximum Gasteiger partial charge on any atom is 0.0561 e. The third-order valence-corrected chi connectivity index (χ3v) is 5.19. The molecule has 21 heavy (non-hydrogen) atoms. The van der Waals surface area contributed by atoms with Gasteiger partial charge in [-0.15, -0.1) is 11.3 Å². The van der Waals surface area contributed by atoms with Crippen LogP contribution in [0.3, 0.4) is 0 Å². The Kier molecular flexibility index (Phi) is 4.59. The van der Waals surface area contributed by atoms with Crippen LogP contribution in [0.25, 0.3) is 10.8 Å². The minimum atomic E-state index is 0.272. The van der Waals surface area contributed by atoms with Crippen LogP contribution in [0.1, 0.15) is 23.4 Å². The minimum absolute atomic E-state index is 0.272. The van der Waals surface area contributed by atoms with E-state index in [1.807, 2.05) is 6.07 Å². The van der Waals surface area contributed by atoms with Gasteiger partial charge in [0, 0.05) is 10.9 Å². The van der Waals surface area contributed by atoms with Crippen LogP contribution in [0.4, 0.5) is 0 Å². The normalized spacial score (nSPS) is 12.7. The summed E-state index contributed by atoms with van der Waals surface area (Å²) in [5.74, 6) is 0. The lowest BCUT2D eigenvalue weighted by molar-refractivity contribution is 0.560. The lowest BCUT2D eigenvalue weighted by Crippen LogP contribution is -2.22. The lowest BCUT2D eigenvalue weighted by Gasteiger charge is -2.18. The van der Waals surface area contributed by atoms with E-state index in [0.717, 1.165) is 18.0 Å². The van der Waals surface area contributed by atoms with Gasteiger partial charge in [0.15, 0.2) is 0 Å². The van der Waals surface area contributed by atoms with E-state index in [1.165, 1.54) is 21.2 Å². The van der Waals surface area contributed by atoms with E-state index in [4.69, 9.17) is 11.6 Å². The van der Waals surface area contributed by atoms with E-state index in [-0.39, 0.29) is 6.04 Å². The standard InChI is InChI=1S/C18H18ClNS/c1-2-20-17(18-16(19)10-11-21-18)12-14-8-5-7-13-6-3-4-9-15(13)14/h3-11,17,20H,2,12H2,1H3. The van der Waals surface area contributed by atoms with Crippen molar-refractivity contribution in [1.29, 1.82) is 0 Å². The maximum atomic E-state index is 6.33.